The van der Waals surface area contributed by atoms with Crippen molar-refractivity contribution >= 4 is 15.9 Å². The lowest BCUT2D eigenvalue weighted by Crippen LogP contribution is -2.40. The first kappa shape index (κ1) is 20.3. The van der Waals surface area contributed by atoms with E-state index in [-0.39, 0.29) is 16.4 Å². The number of benzene rings is 2. The fourth-order valence-electron chi connectivity index (χ4n) is 3.37. The summed E-state index contributed by atoms with van der Waals surface area (Å²) in [6.45, 7) is 1.32. The van der Waals surface area contributed by atoms with E-state index in [9.17, 15) is 13.2 Å². The van der Waals surface area contributed by atoms with Crippen molar-refractivity contribution in [2.45, 2.75) is 10.9 Å². The number of sulfonamides is 1. The van der Waals surface area contributed by atoms with Crippen molar-refractivity contribution in [1.82, 2.24) is 9.62 Å². The van der Waals surface area contributed by atoms with Crippen molar-refractivity contribution in [3.63, 3.8) is 0 Å². The van der Waals surface area contributed by atoms with Gasteiger partial charge in [-0.25, -0.2) is 8.42 Å². The minimum atomic E-state index is -3.69. The van der Waals surface area contributed by atoms with Crippen molar-refractivity contribution < 1.29 is 22.4 Å². The lowest BCUT2D eigenvalue weighted by molar-refractivity contribution is 0.0730. The minimum Gasteiger partial charge on any atom is -0.467 e. The second kappa shape index (κ2) is 8.83. The molecule has 156 valence electrons. The predicted molar refractivity (Wildman–Crippen MR) is 110 cm³/mol. The number of carbonyl (C=O) groups is 1. The molecule has 1 amide bonds. The summed E-state index contributed by atoms with van der Waals surface area (Å²) in [6.07, 6.45) is 1.55. The molecule has 1 atom stereocenters. The largest absolute Gasteiger partial charge is 0.467 e. The maximum atomic E-state index is 13.0. The number of nitrogens with zero attached hydrogens (tertiary/aromatic N) is 1. The van der Waals surface area contributed by atoms with E-state index in [2.05, 4.69) is 5.32 Å². The molecule has 7 nitrogen and oxygen atoms in total. The van der Waals surface area contributed by atoms with E-state index in [0.717, 1.165) is 5.56 Å². The van der Waals surface area contributed by atoms with Crippen LogP contribution in [-0.4, -0.2) is 44.9 Å². The highest BCUT2D eigenvalue weighted by molar-refractivity contribution is 7.89. The first-order chi connectivity index (χ1) is 14.6. The van der Waals surface area contributed by atoms with E-state index in [1.165, 1.54) is 16.4 Å². The number of ether oxygens (including phenoxy) is 1. The molecule has 0 unspecified atom stereocenters. The molecular formula is C22H22N2O5S. The summed E-state index contributed by atoms with van der Waals surface area (Å²) in [4.78, 5) is 13.1. The molecule has 1 saturated heterocycles. The molecule has 1 fully saturated rings. The molecule has 4 rings (SSSR count). The lowest BCUT2D eigenvalue weighted by atomic mass is 10.0. The van der Waals surface area contributed by atoms with E-state index < -0.39 is 16.1 Å². The summed E-state index contributed by atoms with van der Waals surface area (Å²) >= 11 is 0. The Morgan fingerprint density at radius 2 is 1.73 bits per heavy atom. The van der Waals surface area contributed by atoms with Gasteiger partial charge in [0.2, 0.25) is 10.0 Å². The average Bonchev–Trinajstić information content (AvgIpc) is 3.33. The molecule has 30 heavy (non-hydrogen) atoms. The van der Waals surface area contributed by atoms with Crippen molar-refractivity contribution in [3.8, 4) is 0 Å². The summed E-state index contributed by atoms with van der Waals surface area (Å²) in [7, 11) is -3.69. The Labute approximate surface area is 175 Å². The minimum absolute atomic E-state index is 0.0892. The van der Waals surface area contributed by atoms with Gasteiger partial charge in [-0.05, 0) is 35.9 Å². The first-order valence-corrected chi connectivity index (χ1v) is 11.1. The number of hydrogen-bond donors (Lipinski definition) is 1. The SMILES string of the molecule is O=C(N[C@H](c1ccccc1)c1ccco1)c1cccc(S(=O)(=O)N2CCOCC2)c1. The van der Waals surface area contributed by atoms with Crippen LogP contribution in [0.4, 0.5) is 0 Å². The van der Waals surface area contributed by atoms with Gasteiger partial charge in [0.1, 0.15) is 11.8 Å². The molecule has 2 heterocycles. The zero-order chi connectivity index (χ0) is 21.0. The van der Waals surface area contributed by atoms with E-state index in [0.29, 0.717) is 32.1 Å². The Balaban J connectivity index is 1.59. The highest BCUT2D eigenvalue weighted by Crippen LogP contribution is 2.24. The summed E-state index contributed by atoms with van der Waals surface area (Å²) in [6, 6.07) is 18.6. The molecule has 0 radical (unpaired) electrons. The summed E-state index contributed by atoms with van der Waals surface area (Å²) in [5.41, 5.74) is 1.12. The van der Waals surface area contributed by atoms with Gasteiger partial charge < -0.3 is 14.5 Å². The Bertz CT molecular complexity index is 1090. The zero-order valence-electron chi connectivity index (χ0n) is 16.2. The number of nitrogens with one attached hydrogen (secondary N) is 1. The second-order valence-electron chi connectivity index (χ2n) is 6.88. The van der Waals surface area contributed by atoms with Gasteiger partial charge in [-0.3, -0.25) is 4.79 Å². The van der Waals surface area contributed by atoms with Crippen molar-refractivity contribution in [2.75, 3.05) is 26.3 Å². The molecule has 1 aliphatic rings. The molecule has 1 aromatic heterocycles. The first-order valence-electron chi connectivity index (χ1n) is 9.63. The van der Waals surface area contributed by atoms with Crippen LogP contribution in [0.15, 0.2) is 82.3 Å². The van der Waals surface area contributed by atoms with Crippen LogP contribution in [0.1, 0.15) is 27.7 Å². The molecule has 1 N–H and O–H groups in total. The maximum Gasteiger partial charge on any atom is 0.252 e. The fraction of sp³-hybridized carbons (Fsp3) is 0.227. The zero-order valence-corrected chi connectivity index (χ0v) is 17.0. The van der Waals surface area contributed by atoms with Gasteiger partial charge in [-0.15, -0.1) is 0 Å². The second-order valence-corrected chi connectivity index (χ2v) is 8.81. The third-order valence-electron chi connectivity index (χ3n) is 4.94. The van der Waals surface area contributed by atoms with Gasteiger partial charge in [0.15, 0.2) is 0 Å². The number of amides is 1. The van der Waals surface area contributed by atoms with Crippen LogP contribution in [0.3, 0.4) is 0 Å². The number of furan rings is 1. The number of carbonyl (C=O) groups excluding carboxylic acids is 1. The van der Waals surface area contributed by atoms with Crippen LogP contribution >= 0.6 is 0 Å². The molecule has 2 aromatic carbocycles. The van der Waals surface area contributed by atoms with Crippen LogP contribution in [0.2, 0.25) is 0 Å². The Kier molecular flexibility index (Phi) is 5.98. The van der Waals surface area contributed by atoms with Gasteiger partial charge in [0, 0.05) is 18.7 Å². The molecular weight excluding hydrogens is 404 g/mol. The van der Waals surface area contributed by atoms with E-state index >= 15 is 0 Å². The highest BCUT2D eigenvalue weighted by atomic mass is 32.2. The molecule has 0 saturated carbocycles. The summed E-state index contributed by atoms with van der Waals surface area (Å²) in [5, 5.41) is 2.95. The van der Waals surface area contributed by atoms with Gasteiger partial charge in [0.25, 0.3) is 5.91 Å². The summed E-state index contributed by atoms with van der Waals surface area (Å²) < 4.78 is 38.0. The smallest absolute Gasteiger partial charge is 0.252 e. The van der Waals surface area contributed by atoms with E-state index in [1.807, 2.05) is 30.3 Å². The van der Waals surface area contributed by atoms with Crippen LogP contribution < -0.4 is 5.32 Å². The molecule has 0 spiro atoms. The van der Waals surface area contributed by atoms with E-state index in [1.54, 1.807) is 30.5 Å². The van der Waals surface area contributed by atoms with Crippen molar-refractivity contribution in [2.24, 2.45) is 0 Å². The van der Waals surface area contributed by atoms with Gasteiger partial charge in [0.05, 0.1) is 24.4 Å². The fourth-order valence-corrected chi connectivity index (χ4v) is 4.82. The van der Waals surface area contributed by atoms with Crippen LogP contribution in [0.5, 0.6) is 0 Å². The number of rotatable bonds is 6. The summed E-state index contributed by atoms with van der Waals surface area (Å²) in [5.74, 6) is 0.200. The van der Waals surface area contributed by atoms with Crippen LogP contribution in [0.25, 0.3) is 0 Å². The highest BCUT2D eigenvalue weighted by Gasteiger charge is 2.27. The molecule has 1 aliphatic heterocycles. The van der Waals surface area contributed by atoms with Gasteiger partial charge in [-0.2, -0.15) is 4.31 Å². The van der Waals surface area contributed by atoms with Crippen molar-refractivity contribution in [3.05, 3.63) is 89.9 Å². The quantitative estimate of drug-likeness (QED) is 0.655. The van der Waals surface area contributed by atoms with Crippen molar-refractivity contribution in [1.29, 1.82) is 0 Å². The van der Waals surface area contributed by atoms with Crippen LogP contribution in [-0.2, 0) is 14.8 Å². The Morgan fingerprint density at radius 1 is 0.967 bits per heavy atom. The number of hydrogen-bond acceptors (Lipinski definition) is 5. The Hall–Kier alpha value is -2.94. The normalized spacial score (nSPS) is 16.1. The predicted octanol–water partition coefficient (Wildman–Crippen LogP) is 2.82. The molecule has 0 bridgehead atoms. The van der Waals surface area contributed by atoms with E-state index in [4.69, 9.17) is 9.15 Å². The van der Waals surface area contributed by atoms with Gasteiger partial charge in [-0.1, -0.05) is 36.4 Å². The maximum absolute atomic E-state index is 13.0. The third kappa shape index (κ3) is 4.30. The van der Waals surface area contributed by atoms with Gasteiger partial charge >= 0.3 is 0 Å². The average molecular weight is 426 g/mol. The monoisotopic (exact) mass is 426 g/mol. The number of morpholine rings is 1. The molecule has 3 aromatic rings. The Morgan fingerprint density at radius 3 is 2.43 bits per heavy atom. The topological polar surface area (TPSA) is 88.8 Å². The third-order valence-corrected chi connectivity index (χ3v) is 6.83. The standard InChI is InChI=1S/C22H22N2O5S/c25-22(23-21(20-10-5-13-29-20)17-6-2-1-3-7-17)18-8-4-9-19(16-18)30(26,27)24-11-14-28-15-12-24/h1-10,13,16,21H,11-12,14-15H2,(H,23,25)/t21-/m1/s1. The molecule has 8 heteroatoms. The lowest BCUT2D eigenvalue weighted by Gasteiger charge is -2.26. The molecule has 0 aliphatic carbocycles. The van der Waals surface area contributed by atoms with Crippen LogP contribution in [0, 0.1) is 0 Å².